The van der Waals surface area contributed by atoms with Gasteiger partial charge in [-0.25, -0.2) is 0 Å². The average Bonchev–Trinajstić information content (AvgIpc) is 2.49. The van der Waals surface area contributed by atoms with Gasteiger partial charge in [0.05, 0.1) is 0 Å². The summed E-state index contributed by atoms with van der Waals surface area (Å²) in [4.78, 5) is 0. The first kappa shape index (κ1) is 7.08. The van der Waals surface area contributed by atoms with Gasteiger partial charge in [-0.1, -0.05) is 13.8 Å². The van der Waals surface area contributed by atoms with Gasteiger partial charge in [0, 0.05) is 5.92 Å². The zero-order valence-electron chi connectivity index (χ0n) is 6.84. The molecule has 0 bridgehead atoms. The van der Waals surface area contributed by atoms with Crippen LogP contribution in [0.3, 0.4) is 0 Å². The normalized spacial score (nSPS) is 11.2. The lowest BCUT2D eigenvalue weighted by molar-refractivity contribution is 0.679. The predicted octanol–water partition coefficient (Wildman–Crippen LogP) is 0.0377. The topological polar surface area (TPSA) is 68.9 Å². The summed E-state index contributed by atoms with van der Waals surface area (Å²) in [6, 6.07) is 0. The quantitative estimate of drug-likeness (QED) is 0.595. The van der Waals surface area contributed by atoms with Gasteiger partial charge in [-0.2, -0.15) is 4.52 Å². The maximum atomic E-state index is 4.15. The first-order chi connectivity index (χ1) is 5.77. The highest BCUT2D eigenvalue weighted by Gasteiger charge is 2.05. The van der Waals surface area contributed by atoms with Crippen LogP contribution >= 0.6 is 0 Å². The van der Waals surface area contributed by atoms with Crippen molar-refractivity contribution in [2.24, 2.45) is 0 Å². The second-order valence-electron chi connectivity index (χ2n) is 2.79. The maximum absolute atomic E-state index is 4.15. The fourth-order valence-electron chi connectivity index (χ4n) is 0.817. The molecule has 2 aromatic heterocycles. The van der Waals surface area contributed by atoms with Crippen molar-refractivity contribution in [3.05, 3.63) is 12.2 Å². The highest BCUT2D eigenvalue weighted by atomic mass is 15.4. The second kappa shape index (κ2) is 2.47. The van der Waals surface area contributed by atoms with Gasteiger partial charge in [0.1, 0.15) is 6.33 Å². The summed E-state index contributed by atoms with van der Waals surface area (Å²) < 4.78 is 1.52. The van der Waals surface area contributed by atoms with Crippen molar-refractivity contribution in [1.29, 1.82) is 0 Å². The minimum Gasteiger partial charge on any atom is -0.181 e. The van der Waals surface area contributed by atoms with Gasteiger partial charge in [0.2, 0.25) is 0 Å². The van der Waals surface area contributed by atoms with Crippen molar-refractivity contribution in [3.8, 4) is 0 Å². The molecule has 0 N–H and O–H groups in total. The van der Waals surface area contributed by atoms with E-state index in [1.165, 1.54) is 10.8 Å². The Balaban J connectivity index is 2.60. The second-order valence-corrected chi connectivity index (χ2v) is 2.79. The van der Waals surface area contributed by atoms with Gasteiger partial charge < -0.3 is 0 Å². The predicted molar refractivity (Wildman–Crippen MR) is 40.5 cm³/mol. The average molecular weight is 164 g/mol. The van der Waals surface area contributed by atoms with E-state index in [2.05, 4.69) is 25.5 Å². The molecule has 6 nitrogen and oxygen atoms in total. The van der Waals surface area contributed by atoms with Crippen molar-refractivity contribution in [1.82, 2.24) is 30.0 Å². The van der Waals surface area contributed by atoms with Gasteiger partial charge in [-0.05, 0) is 0 Å². The van der Waals surface area contributed by atoms with E-state index < -0.39 is 0 Å². The van der Waals surface area contributed by atoms with Gasteiger partial charge >= 0.3 is 0 Å². The van der Waals surface area contributed by atoms with Crippen LogP contribution < -0.4 is 0 Å². The lowest BCUT2D eigenvalue weighted by atomic mass is 10.2. The van der Waals surface area contributed by atoms with E-state index in [4.69, 9.17) is 0 Å². The maximum Gasteiger partial charge on any atom is 0.290 e. The standard InChI is InChI=1S/C6H8N6/c1-4(2)5-8-10-6-9-7-3-12(6)11-5/h3-4H,1-2H3. The molecule has 0 aliphatic heterocycles. The largest absolute Gasteiger partial charge is 0.290 e. The minimum absolute atomic E-state index is 0.268. The van der Waals surface area contributed by atoms with Crippen LogP contribution in [0.15, 0.2) is 6.33 Å². The summed E-state index contributed by atoms with van der Waals surface area (Å²) in [7, 11) is 0. The Kier molecular flexibility index (Phi) is 1.46. The van der Waals surface area contributed by atoms with Crippen LogP contribution in [0.25, 0.3) is 5.78 Å². The minimum atomic E-state index is 0.268. The third kappa shape index (κ3) is 1.01. The van der Waals surface area contributed by atoms with E-state index >= 15 is 0 Å². The van der Waals surface area contributed by atoms with Gasteiger partial charge in [-0.3, -0.25) is 0 Å². The van der Waals surface area contributed by atoms with Crippen molar-refractivity contribution >= 4 is 5.78 Å². The molecule has 0 atom stereocenters. The van der Waals surface area contributed by atoms with E-state index in [9.17, 15) is 0 Å². The van der Waals surface area contributed by atoms with Crippen LogP contribution in [0.4, 0.5) is 0 Å². The molecule has 0 radical (unpaired) electrons. The number of hydrogen-bond acceptors (Lipinski definition) is 5. The Morgan fingerprint density at radius 1 is 1.25 bits per heavy atom. The molecule has 6 heteroatoms. The summed E-state index contributed by atoms with van der Waals surface area (Å²) in [6.45, 7) is 4.01. The highest BCUT2D eigenvalue weighted by molar-refractivity contribution is 5.18. The summed E-state index contributed by atoms with van der Waals surface area (Å²) in [5.74, 6) is 1.39. The molecule has 2 rings (SSSR count). The summed E-state index contributed by atoms with van der Waals surface area (Å²) in [5, 5.41) is 19.2. The molecular formula is C6H8N6. The zero-order valence-corrected chi connectivity index (χ0v) is 6.84. The highest BCUT2D eigenvalue weighted by Crippen LogP contribution is 2.05. The monoisotopic (exact) mass is 164 g/mol. The van der Waals surface area contributed by atoms with E-state index in [-0.39, 0.29) is 5.92 Å². The van der Waals surface area contributed by atoms with Crippen molar-refractivity contribution in [2.45, 2.75) is 19.8 Å². The van der Waals surface area contributed by atoms with Crippen LogP contribution in [-0.2, 0) is 0 Å². The molecule has 12 heavy (non-hydrogen) atoms. The summed E-state index contributed by atoms with van der Waals surface area (Å²) in [6.07, 6.45) is 1.51. The Hall–Kier alpha value is -1.59. The molecule has 0 saturated heterocycles. The third-order valence-corrected chi connectivity index (χ3v) is 1.48. The molecule has 0 fully saturated rings. The lowest BCUT2D eigenvalue weighted by Crippen LogP contribution is -2.05. The van der Waals surface area contributed by atoms with Crippen molar-refractivity contribution < 1.29 is 0 Å². The van der Waals surface area contributed by atoms with Gasteiger partial charge in [-0.15, -0.1) is 25.5 Å². The van der Waals surface area contributed by atoms with Gasteiger partial charge in [0.25, 0.3) is 5.78 Å². The lowest BCUT2D eigenvalue weighted by Gasteiger charge is -1.99. The first-order valence-electron chi connectivity index (χ1n) is 3.68. The number of nitrogens with zero attached hydrogens (tertiary/aromatic N) is 6. The Bertz CT molecular complexity index is 392. The zero-order chi connectivity index (χ0) is 8.55. The Morgan fingerprint density at radius 3 is 2.83 bits per heavy atom. The van der Waals surface area contributed by atoms with Crippen LogP contribution in [0.1, 0.15) is 25.6 Å². The fraction of sp³-hybridized carbons (Fsp3) is 0.500. The molecule has 0 aromatic carbocycles. The Labute approximate surface area is 68.6 Å². The smallest absolute Gasteiger partial charge is 0.181 e. The summed E-state index contributed by atoms with van der Waals surface area (Å²) >= 11 is 0. The molecular weight excluding hydrogens is 156 g/mol. The molecule has 0 aliphatic rings. The molecule has 62 valence electrons. The van der Waals surface area contributed by atoms with Crippen molar-refractivity contribution in [3.63, 3.8) is 0 Å². The number of hydrogen-bond donors (Lipinski definition) is 0. The van der Waals surface area contributed by atoms with Crippen LogP contribution in [-0.4, -0.2) is 30.0 Å². The molecule has 0 unspecified atom stereocenters. The molecule has 0 spiro atoms. The van der Waals surface area contributed by atoms with Crippen molar-refractivity contribution in [2.75, 3.05) is 0 Å². The molecule has 0 amide bonds. The number of aromatic nitrogens is 6. The Morgan fingerprint density at radius 2 is 2.08 bits per heavy atom. The number of fused-ring (bicyclic) bond motifs is 1. The first-order valence-corrected chi connectivity index (χ1v) is 3.68. The fourth-order valence-corrected chi connectivity index (χ4v) is 0.817. The van der Waals surface area contributed by atoms with E-state index in [0.717, 1.165) is 0 Å². The van der Waals surface area contributed by atoms with E-state index in [0.29, 0.717) is 11.6 Å². The number of rotatable bonds is 1. The van der Waals surface area contributed by atoms with E-state index in [1.54, 1.807) is 0 Å². The molecule has 2 aromatic rings. The van der Waals surface area contributed by atoms with Crippen LogP contribution in [0.2, 0.25) is 0 Å². The van der Waals surface area contributed by atoms with Gasteiger partial charge in [0.15, 0.2) is 5.82 Å². The molecule has 2 heterocycles. The molecule has 0 saturated carbocycles. The van der Waals surface area contributed by atoms with E-state index in [1.807, 2.05) is 13.8 Å². The van der Waals surface area contributed by atoms with Crippen LogP contribution in [0, 0.1) is 0 Å². The summed E-state index contributed by atoms with van der Waals surface area (Å²) in [5.41, 5.74) is 0. The van der Waals surface area contributed by atoms with Crippen LogP contribution in [0.5, 0.6) is 0 Å². The molecule has 0 aliphatic carbocycles. The SMILES string of the molecule is CC(C)c1nnc2nncn2n1. The third-order valence-electron chi connectivity index (χ3n) is 1.48.